The highest BCUT2D eigenvalue weighted by atomic mass is 16.6. The third-order valence-electron chi connectivity index (χ3n) is 11.4. The highest BCUT2D eigenvalue weighted by Crippen LogP contribution is 2.45. The molecule has 3 atom stereocenters. The van der Waals surface area contributed by atoms with Crippen molar-refractivity contribution in [3.8, 4) is 22.6 Å². The Morgan fingerprint density at radius 2 is 1.25 bits per heavy atom. The van der Waals surface area contributed by atoms with E-state index in [4.69, 9.17) is 31.1 Å². The van der Waals surface area contributed by atoms with E-state index in [0.717, 1.165) is 39.1 Å². The van der Waals surface area contributed by atoms with E-state index in [2.05, 4.69) is 35.1 Å². The molecule has 0 heterocycles. The lowest BCUT2D eigenvalue weighted by Gasteiger charge is -2.26. The first-order valence-electron chi connectivity index (χ1n) is 23.5. The van der Waals surface area contributed by atoms with Crippen molar-refractivity contribution >= 4 is 56.9 Å². The van der Waals surface area contributed by atoms with Crippen molar-refractivity contribution in [3.05, 3.63) is 113 Å². The molecule has 368 valence electrons. The van der Waals surface area contributed by atoms with Crippen molar-refractivity contribution in [2.45, 2.75) is 97.4 Å². The summed E-state index contributed by atoms with van der Waals surface area (Å²) in [5.74, 6) is -1.36. The molecule has 0 aromatic heterocycles. The number of unbranched alkanes of at least 4 members (excludes halogenated alkanes) is 1. The summed E-state index contributed by atoms with van der Waals surface area (Å²) < 4.78 is 18.4. The van der Waals surface area contributed by atoms with Crippen molar-refractivity contribution in [2.75, 3.05) is 26.3 Å². The van der Waals surface area contributed by atoms with Gasteiger partial charge in [0.1, 0.15) is 36.2 Å². The van der Waals surface area contributed by atoms with Gasteiger partial charge in [0.05, 0.1) is 11.5 Å². The molecule has 69 heavy (non-hydrogen) atoms. The molecule has 17 nitrogen and oxygen atoms in total. The van der Waals surface area contributed by atoms with Crippen LogP contribution in [0.5, 0.6) is 11.5 Å². The number of hydrogen-bond donors (Lipinski definition) is 7. The number of ether oxygens (including phenoxy) is 3. The Kier molecular flexibility index (Phi) is 20.1. The second-order valence-electron chi connectivity index (χ2n) is 17.8. The molecular weight excluding hydrogens is 881 g/mol. The van der Waals surface area contributed by atoms with Crippen LogP contribution in [0.2, 0.25) is 0 Å². The van der Waals surface area contributed by atoms with Crippen LogP contribution in [-0.2, 0) is 30.5 Å². The second kappa shape index (κ2) is 26.3. The van der Waals surface area contributed by atoms with Crippen LogP contribution in [0.4, 0.5) is 5.69 Å². The Balaban J connectivity index is 1.36. The van der Waals surface area contributed by atoms with E-state index in [9.17, 15) is 29.3 Å². The highest BCUT2D eigenvalue weighted by molar-refractivity contribution is 6.10. The molecule has 3 amide bonds. The van der Waals surface area contributed by atoms with Gasteiger partial charge in [0, 0.05) is 29.8 Å². The van der Waals surface area contributed by atoms with Crippen LogP contribution in [-0.4, -0.2) is 79.0 Å². The van der Waals surface area contributed by atoms with E-state index in [0.29, 0.717) is 55.4 Å². The number of nitrogens with zero attached hydrogens (tertiary/aromatic N) is 1. The number of carbonyl (C=O) groups is 4. The summed E-state index contributed by atoms with van der Waals surface area (Å²) in [7, 11) is 0. The van der Waals surface area contributed by atoms with Gasteiger partial charge in [0.25, 0.3) is 11.6 Å². The standard InChI is InChI=1S/C52H66N8O9/c1-33(2)26-29-67-44-24-20-36-12-5-7-14-39(36)47(44)48-40-15-8-6-13-37(40)21-25-45(48)68-32-46(61)57-41(16-9-10-27-53)49(62)58-42(17-11-28-56-52(54)55)50(63)59-43(30-34(3)4)51(64)69-31-35-18-22-38(23-19-35)60(65)66/h5-8,12-15,18-25,33-34,41-43H,9-11,16-17,26-32,53H2,1-4H3,(H,57,61)(H,58,62)(H,59,63)(H4,54,55,56)/t41-,42-,43+/m1/s1. The summed E-state index contributed by atoms with van der Waals surface area (Å²) >= 11 is 0. The summed E-state index contributed by atoms with van der Waals surface area (Å²) in [4.78, 5) is 66.2. The van der Waals surface area contributed by atoms with Gasteiger partial charge in [0.15, 0.2) is 12.6 Å². The van der Waals surface area contributed by atoms with Gasteiger partial charge < -0.3 is 46.9 Å². The fraction of sp³-hybridized carbons (Fsp3) is 0.404. The fourth-order valence-electron chi connectivity index (χ4n) is 7.80. The summed E-state index contributed by atoms with van der Waals surface area (Å²) in [6, 6.07) is 25.9. The fourth-order valence-corrected chi connectivity index (χ4v) is 7.80. The van der Waals surface area contributed by atoms with E-state index in [1.165, 1.54) is 24.3 Å². The van der Waals surface area contributed by atoms with E-state index in [1.807, 2.05) is 86.6 Å². The molecular formula is C52H66N8O9. The van der Waals surface area contributed by atoms with E-state index in [1.54, 1.807) is 0 Å². The van der Waals surface area contributed by atoms with Crippen molar-refractivity contribution in [2.24, 2.45) is 23.3 Å². The number of carbonyl (C=O) groups excluding carboxylic acids is 4. The summed E-state index contributed by atoms with van der Waals surface area (Å²) in [5, 5.41) is 33.5. The highest BCUT2D eigenvalue weighted by Gasteiger charge is 2.31. The third-order valence-corrected chi connectivity index (χ3v) is 11.4. The Morgan fingerprint density at radius 1 is 0.681 bits per heavy atom. The first kappa shape index (κ1) is 52.7. The number of nitro benzene ring substituents is 1. The van der Waals surface area contributed by atoms with Gasteiger partial charge in [0.2, 0.25) is 11.8 Å². The maximum absolute atomic E-state index is 14.2. The minimum absolute atomic E-state index is 0.0535. The zero-order valence-corrected chi connectivity index (χ0v) is 39.9. The lowest BCUT2D eigenvalue weighted by atomic mass is 9.92. The Labute approximate surface area is 403 Å². The molecule has 5 rings (SSSR count). The van der Waals surface area contributed by atoms with E-state index in [-0.39, 0.29) is 50.0 Å². The predicted molar refractivity (Wildman–Crippen MR) is 268 cm³/mol. The molecule has 5 aromatic rings. The molecule has 17 heteroatoms. The third kappa shape index (κ3) is 15.9. The number of fused-ring (bicyclic) bond motifs is 2. The molecule has 0 aliphatic heterocycles. The number of rotatable bonds is 27. The first-order valence-corrected chi connectivity index (χ1v) is 23.5. The monoisotopic (exact) mass is 946 g/mol. The molecule has 9 N–H and O–H groups in total. The molecule has 0 aliphatic rings. The van der Waals surface area contributed by atoms with Crippen LogP contribution >= 0.6 is 0 Å². The second-order valence-corrected chi connectivity index (χ2v) is 17.8. The molecule has 0 spiro atoms. The van der Waals surface area contributed by atoms with Crippen LogP contribution < -0.4 is 42.2 Å². The van der Waals surface area contributed by atoms with Gasteiger partial charge in [-0.3, -0.25) is 29.9 Å². The van der Waals surface area contributed by atoms with Gasteiger partial charge in [-0.25, -0.2) is 4.79 Å². The minimum Gasteiger partial charge on any atom is -0.493 e. The smallest absolute Gasteiger partial charge is 0.328 e. The molecule has 0 saturated heterocycles. The van der Waals surface area contributed by atoms with Gasteiger partial charge in [-0.15, -0.1) is 0 Å². The molecule has 0 bridgehead atoms. The average molecular weight is 947 g/mol. The van der Waals surface area contributed by atoms with E-state index < -0.39 is 53.3 Å². The number of hydrogen-bond acceptors (Lipinski definition) is 11. The summed E-state index contributed by atoms with van der Waals surface area (Å²) in [6.07, 6.45) is 2.71. The van der Waals surface area contributed by atoms with Gasteiger partial charge in [-0.2, -0.15) is 0 Å². The maximum Gasteiger partial charge on any atom is 0.328 e. The Morgan fingerprint density at radius 3 is 1.81 bits per heavy atom. The lowest BCUT2D eigenvalue weighted by Crippen LogP contribution is -2.56. The predicted octanol–water partition coefficient (Wildman–Crippen LogP) is 7.01. The zero-order valence-electron chi connectivity index (χ0n) is 39.9. The SMILES string of the molecule is CC(C)CCOc1ccc2ccccc2c1-c1c(OCC(=O)N[C@H](CCCCN)C(=O)N[C@H](CCCNC(=N)N)C(=O)N[C@@H](CC(C)C)C(=O)OCc2ccc([N+](=O)[O-])cc2)ccc2ccccc12. The van der Waals surface area contributed by atoms with Crippen LogP contribution in [0.15, 0.2) is 97.1 Å². The number of nitrogens with one attached hydrogen (secondary N) is 5. The Hall–Kier alpha value is -7.27. The lowest BCUT2D eigenvalue weighted by molar-refractivity contribution is -0.384. The van der Waals surface area contributed by atoms with Crippen LogP contribution in [0.3, 0.4) is 0 Å². The maximum atomic E-state index is 14.2. The van der Waals surface area contributed by atoms with Crippen LogP contribution in [0, 0.1) is 27.4 Å². The van der Waals surface area contributed by atoms with Crippen molar-refractivity contribution in [1.82, 2.24) is 21.3 Å². The zero-order chi connectivity index (χ0) is 49.9. The first-order chi connectivity index (χ1) is 33.1. The van der Waals surface area contributed by atoms with Gasteiger partial charge in [-0.05, 0) is 115 Å². The van der Waals surface area contributed by atoms with Crippen LogP contribution in [0.1, 0.15) is 78.2 Å². The van der Waals surface area contributed by atoms with Gasteiger partial charge >= 0.3 is 5.97 Å². The quantitative estimate of drug-likeness (QED) is 0.00700. The molecule has 0 fully saturated rings. The molecule has 0 radical (unpaired) electrons. The van der Waals surface area contributed by atoms with E-state index >= 15 is 0 Å². The number of amides is 3. The summed E-state index contributed by atoms with van der Waals surface area (Å²) in [6.45, 7) is 8.49. The van der Waals surface area contributed by atoms with Crippen molar-refractivity contribution < 1.29 is 38.3 Å². The molecule has 5 aromatic carbocycles. The summed E-state index contributed by atoms with van der Waals surface area (Å²) in [5.41, 5.74) is 13.3. The number of nitrogens with two attached hydrogens (primary N) is 2. The number of nitro groups is 1. The van der Waals surface area contributed by atoms with Crippen molar-refractivity contribution in [3.63, 3.8) is 0 Å². The number of benzene rings is 5. The number of guanidine groups is 1. The Bertz CT molecular complexity index is 2550. The van der Waals surface area contributed by atoms with Crippen molar-refractivity contribution in [1.29, 1.82) is 5.41 Å². The average Bonchev–Trinajstić information content (AvgIpc) is 3.32. The van der Waals surface area contributed by atoms with Gasteiger partial charge in [-0.1, -0.05) is 88.4 Å². The number of non-ortho nitro benzene ring substituents is 1. The minimum atomic E-state index is -1.17. The topological polar surface area (TPSA) is 263 Å². The molecule has 0 unspecified atom stereocenters. The number of esters is 1. The molecule has 0 saturated carbocycles. The normalized spacial score (nSPS) is 12.5. The largest absolute Gasteiger partial charge is 0.493 e. The molecule has 0 aliphatic carbocycles. The van der Waals surface area contributed by atoms with Crippen LogP contribution in [0.25, 0.3) is 32.7 Å².